The Morgan fingerprint density at radius 1 is 1.33 bits per heavy atom. The Morgan fingerprint density at radius 3 is 2.08 bits per heavy atom. The summed E-state index contributed by atoms with van der Waals surface area (Å²) in [4.78, 5) is 0. The minimum atomic E-state index is -4.22. The molecule has 0 saturated carbocycles. The Morgan fingerprint density at radius 2 is 1.83 bits per heavy atom. The number of rotatable bonds is 2. The van der Waals surface area contributed by atoms with E-state index < -0.39 is 11.7 Å². The number of hydrogen-bond acceptors (Lipinski definition) is 0. The van der Waals surface area contributed by atoms with E-state index in [1.54, 1.807) is 6.92 Å². The maximum atomic E-state index is 12.1. The molecule has 0 atom stereocenters. The van der Waals surface area contributed by atoms with Crippen molar-refractivity contribution in [2.75, 3.05) is 0 Å². The highest BCUT2D eigenvalue weighted by molar-refractivity contribution is 5.26. The summed E-state index contributed by atoms with van der Waals surface area (Å²) in [5.74, 6) is 0. The lowest BCUT2D eigenvalue weighted by atomic mass is 10.1. The third kappa shape index (κ3) is 3.60. The number of alkyl halides is 3. The molecule has 0 amide bonds. The van der Waals surface area contributed by atoms with Crippen molar-refractivity contribution in [3.8, 4) is 0 Å². The van der Waals surface area contributed by atoms with Crippen molar-refractivity contribution in [3.05, 3.63) is 23.3 Å². The van der Waals surface area contributed by atoms with Crippen LogP contribution in [0, 0.1) is 0 Å². The molecule has 0 nitrogen and oxygen atoms in total. The van der Waals surface area contributed by atoms with Gasteiger partial charge in [-0.05, 0) is 20.3 Å². The van der Waals surface area contributed by atoms with Crippen LogP contribution in [0.3, 0.4) is 0 Å². The third-order valence-corrected chi connectivity index (χ3v) is 1.60. The maximum absolute atomic E-state index is 12.1. The van der Waals surface area contributed by atoms with E-state index in [1.165, 1.54) is 13.0 Å². The van der Waals surface area contributed by atoms with Gasteiger partial charge in [-0.25, -0.2) is 0 Å². The van der Waals surface area contributed by atoms with Gasteiger partial charge in [0.15, 0.2) is 0 Å². The molecule has 70 valence electrons. The summed E-state index contributed by atoms with van der Waals surface area (Å²) in [6, 6.07) is 0. The van der Waals surface area contributed by atoms with Gasteiger partial charge in [-0.1, -0.05) is 24.6 Å². The van der Waals surface area contributed by atoms with Crippen molar-refractivity contribution in [2.24, 2.45) is 0 Å². The van der Waals surface area contributed by atoms with Gasteiger partial charge in [0.2, 0.25) is 0 Å². The fraction of sp³-hybridized carbons (Fsp3) is 0.556. The van der Waals surface area contributed by atoms with Crippen molar-refractivity contribution in [2.45, 2.75) is 33.4 Å². The van der Waals surface area contributed by atoms with Gasteiger partial charge in [0.05, 0.1) is 5.57 Å². The largest absolute Gasteiger partial charge is 0.416 e. The van der Waals surface area contributed by atoms with Crippen molar-refractivity contribution in [1.82, 2.24) is 0 Å². The predicted octanol–water partition coefficient (Wildman–Crippen LogP) is 3.85. The van der Waals surface area contributed by atoms with E-state index in [2.05, 4.69) is 0 Å². The Bertz CT molecular complexity index is 196. The van der Waals surface area contributed by atoms with Crippen LogP contribution in [0.2, 0.25) is 0 Å². The maximum Gasteiger partial charge on any atom is 0.416 e. The Hall–Kier alpha value is -0.730. The summed E-state index contributed by atoms with van der Waals surface area (Å²) < 4.78 is 36.3. The van der Waals surface area contributed by atoms with Crippen LogP contribution in [-0.2, 0) is 0 Å². The summed E-state index contributed by atoms with van der Waals surface area (Å²) >= 11 is 0. The number of hydrogen-bond donors (Lipinski definition) is 0. The van der Waals surface area contributed by atoms with Crippen LogP contribution in [0.5, 0.6) is 0 Å². The summed E-state index contributed by atoms with van der Waals surface area (Å²) in [5, 5.41) is 0. The first-order chi connectivity index (χ1) is 5.41. The Kier molecular flexibility index (Phi) is 4.07. The molecule has 0 aromatic rings. The fourth-order valence-corrected chi connectivity index (χ4v) is 0.696. The summed E-state index contributed by atoms with van der Waals surface area (Å²) in [5.41, 5.74) is 0.169. The molecule has 0 spiro atoms. The van der Waals surface area contributed by atoms with E-state index in [0.717, 1.165) is 11.6 Å². The van der Waals surface area contributed by atoms with E-state index >= 15 is 0 Å². The van der Waals surface area contributed by atoms with E-state index in [9.17, 15) is 13.2 Å². The van der Waals surface area contributed by atoms with Crippen LogP contribution in [0.25, 0.3) is 0 Å². The van der Waals surface area contributed by atoms with Gasteiger partial charge in [0.1, 0.15) is 0 Å². The van der Waals surface area contributed by atoms with Gasteiger partial charge in [-0.3, -0.25) is 0 Å². The van der Waals surface area contributed by atoms with Crippen molar-refractivity contribution in [1.29, 1.82) is 0 Å². The molecule has 0 saturated heterocycles. The molecule has 0 bridgehead atoms. The quantitative estimate of drug-likeness (QED) is 0.563. The molecule has 0 unspecified atom stereocenters. The smallest absolute Gasteiger partial charge is 0.166 e. The average Bonchev–Trinajstić information content (AvgIpc) is 1.97. The molecule has 0 aromatic heterocycles. The van der Waals surface area contributed by atoms with Crippen molar-refractivity contribution in [3.63, 3.8) is 0 Å². The molecule has 3 heteroatoms. The molecule has 0 aliphatic carbocycles. The molecular weight excluding hydrogens is 165 g/mol. The van der Waals surface area contributed by atoms with Crippen LogP contribution >= 0.6 is 0 Å². The molecule has 0 aliphatic heterocycles. The molecular formula is C9H13F3. The lowest BCUT2D eigenvalue weighted by molar-refractivity contribution is -0.0883. The molecule has 0 aromatic carbocycles. The lowest BCUT2D eigenvalue weighted by Gasteiger charge is -2.07. The summed E-state index contributed by atoms with van der Waals surface area (Å²) in [7, 11) is 0. The van der Waals surface area contributed by atoms with Gasteiger partial charge in [0.25, 0.3) is 0 Å². The normalized spacial score (nSPS) is 15.2. The third-order valence-electron chi connectivity index (χ3n) is 1.60. The van der Waals surface area contributed by atoms with E-state index in [-0.39, 0.29) is 0 Å². The first-order valence-corrected chi connectivity index (χ1v) is 3.82. The summed E-state index contributed by atoms with van der Waals surface area (Å²) in [6.07, 6.45) is -1.31. The molecule has 0 fully saturated rings. The lowest BCUT2D eigenvalue weighted by Crippen LogP contribution is -2.09. The number of allylic oxidation sites excluding steroid dienone is 4. The van der Waals surface area contributed by atoms with Crippen molar-refractivity contribution < 1.29 is 13.2 Å². The van der Waals surface area contributed by atoms with Crippen molar-refractivity contribution >= 4 is 0 Å². The molecule has 0 aliphatic rings. The van der Waals surface area contributed by atoms with Crippen LogP contribution in [0.15, 0.2) is 23.3 Å². The fourth-order valence-electron chi connectivity index (χ4n) is 0.696. The second-order valence-corrected chi connectivity index (χ2v) is 2.59. The monoisotopic (exact) mass is 178 g/mol. The first kappa shape index (κ1) is 11.3. The molecule has 0 radical (unpaired) electrons. The van der Waals surface area contributed by atoms with Crippen LogP contribution < -0.4 is 0 Å². The minimum Gasteiger partial charge on any atom is -0.166 e. The molecule has 0 rings (SSSR count). The molecule has 0 heterocycles. The van der Waals surface area contributed by atoms with Gasteiger partial charge in [-0.15, -0.1) is 0 Å². The zero-order chi connectivity index (χ0) is 9.78. The topological polar surface area (TPSA) is 0 Å². The molecule has 12 heavy (non-hydrogen) atoms. The zero-order valence-electron chi connectivity index (χ0n) is 7.50. The van der Waals surface area contributed by atoms with Gasteiger partial charge >= 0.3 is 6.18 Å². The van der Waals surface area contributed by atoms with Crippen LogP contribution in [0.1, 0.15) is 27.2 Å². The van der Waals surface area contributed by atoms with E-state index in [1.807, 2.05) is 6.92 Å². The van der Waals surface area contributed by atoms with Gasteiger partial charge in [-0.2, -0.15) is 13.2 Å². The Labute approximate surface area is 70.8 Å². The van der Waals surface area contributed by atoms with E-state index in [4.69, 9.17) is 0 Å². The predicted molar refractivity (Wildman–Crippen MR) is 43.9 cm³/mol. The highest BCUT2D eigenvalue weighted by atomic mass is 19.4. The first-order valence-electron chi connectivity index (χ1n) is 3.82. The average molecular weight is 178 g/mol. The second kappa shape index (κ2) is 4.33. The zero-order valence-corrected chi connectivity index (χ0v) is 7.50. The minimum absolute atomic E-state index is 0.568. The van der Waals surface area contributed by atoms with Gasteiger partial charge < -0.3 is 0 Å². The highest BCUT2D eigenvalue weighted by Gasteiger charge is 2.30. The van der Waals surface area contributed by atoms with Crippen LogP contribution in [0.4, 0.5) is 13.2 Å². The highest BCUT2D eigenvalue weighted by Crippen LogP contribution is 2.27. The SMILES string of the molecule is CC=C(/C=C(/C)CC)C(F)(F)F. The molecule has 0 N–H and O–H groups in total. The second-order valence-electron chi connectivity index (χ2n) is 2.59. The number of halogens is 3. The van der Waals surface area contributed by atoms with E-state index in [0.29, 0.717) is 6.42 Å². The summed E-state index contributed by atoms with van der Waals surface area (Å²) in [6.45, 7) is 4.91. The van der Waals surface area contributed by atoms with Crippen LogP contribution in [-0.4, -0.2) is 6.18 Å². The van der Waals surface area contributed by atoms with Gasteiger partial charge in [0, 0.05) is 0 Å². The standard InChI is InChI=1S/C9H13F3/c1-4-7(3)6-8(5-2)9(10,11)12/h5-6H,4H2,1-3H3/b7-6-,8-5?. The Balaban J connectivity index is 4.63.